The summed E-state index contributed by atoms with van der Waals surface area (Å²) in [6.07, 6.45) is 1.09. The minimum atomic E-state index is -0.167. The van der Waals surface area contributed by atoms with Crippen LogP contribution in [-0.4, -0.2) is 29.9 Å². The molecule has 1 N–H and O–H groups in total. The maximum Gasteiger partial charge on any atom is 0.241 e. The number of hydrogen-bond acceptors (Lipinski definition) is 2. The second-order valence-corrected chi connectivity index (χ2v) is 6.44. The lowest BCUT2D eigenvalue weighted by Crippen LogP contribution is -2.40. The van der Waals surface area contributed by atoms with Crippen molar-refractivity contribution < 1.29 is 4.79 Å². The lowest BCUT2D eigenvalue weighted by atomic mass is 9.99. The van der Waals surface area contributed by atoms with Crippen LogP contribution in [0.15, 0.2) is 54.6 Å². The highest BCUT2D eigenvalue weighted by molar-refractivity contribution is 6.33. The Morgan fingerprint density at radius 3 is 2.61 bits per heavy atom. The Morgan fingerprint density at radius 1 is 1.17 bits per heavy atom. The predicted molar refractivity (Wildman–Crippen MR) is 94.9 cm³/mol. The molecule has 1 aliphatic heterocycles. The average molecular weight is 329 g/mol. The van der Waals surface area contributed by atoms with Gasteiger partial charge in [-0.1, -0.05) is 54.1 Å². The Hall–Kier alpha value is -1.84. The first-order valence-corrected chi connectivity index (χ1v) is 8.37. The van der Waals surface area contributed by atoms with Crippen LogP contribution in [0.1, 0.15) is 24.8 Å². The molecule has 0 aliphatic carbocycles. The molecule has 3 rings (SSSR count). The number of rotatable bonds is 4. The van der Waals surface area contributed by atoms with Gasteiger partial charge in [0.1, 0.15) is 0 Å². The molecule has 1 aliphatic rings. The van der Waals surface area contributed by atoms with Crippen LogP contribution in [0.2, 0.25) is 5.02 Å². The SMILES string of the molecule is C[C@@H](C(=O)Nc1ccccc1Cl)N1CC[C@H](c2ccccc2)C1. The molecule has 2 atom stereocenters. The van der Waals surface area contributed by atoms with E-state index in [2.05, 4.69) is 34.5 Å². The summed E-state index contributed by atoms with van der Waals surface area (Å²) in [5.41, 5.74) is 2.03. The number of anilines is 1. The van der Waals surface area contributed by atoms with Gasteiger partial charge in [0, 0.05) is 6.54 Å². The zero-order valence-electron chi connectivity index (χ0n) is 13.2. The normalized spacial score (nSPS) is 19.5. The Morgan fingerprint density at radius 2 is 1.87 bits per heavy atom. The van der Waals surface area contributed by atoms with Gasteiger partial charge < -0.3 is 5.32 Å². The van der Waals surface area contributed by atoms with Gasteiger partial charge in [0.15, 0.2) is 0 Å². The quantitative estimate of drug-likeness (QED) is 0.914. The van der Waals surface area contributed by atoms with E-state index in [9.17, 15) is 4.79 Å². The Labute approximate surface area is 142 Å². The molecule has 0 unspecified atom stereocenters. The highest BCUT2D eigenvalue weighted by Gasteiger charge is 2.30. The molecule has 2 aromatic rings. The Bertz CT molecular complexity index is 674. The Balaban J connectivity index is 1.61. The van der Waals surface area contributed by atoms with Gasteiger partial charge in [-0.05, 0) is 43.5 Å². The molecule has 0 spiro atoms. The van der Waals surface area contributed by atoms with Crippen molar-refractivity contribution in [3.8, 4) is 0 Å². The van der Waals surface area contributed by atoms with Crippen molar-refractivity contribution in [2.45, 2.75) is 25.3 Å². The van der Waals surface area contributed by atoms with Gasteiger partial charge in [0.25, 0.3) is 0 Å². The molecule has 1 amide bonds. The molecule has 0 radical (unpaired) electrons. The van der Waals surface area contributed by atoms with Crippen molar-refractivity contribution in [2.75, 3.05) is 18.4 Å². The summed E-state index contributed by atoms with van der Waals surface area (Å²) < 4.78 is 0. The fourth-order valence-corrected chi connectivity index (χ4v) is 3.28. The highest BCUT2D eigenvalue weighted by atomic mass is 35.5. The summed E-state index contributed by atoms with van der Waals surface area (Å²) in [5.74, 6) is 0.499. The molecule has 120 valence electrons. The first kappa shape index (κ1) is 16.0. The van der Waals surface area contributed by atoms with Crippen LogP contribution >= 0.6 is 11.6 Å². The molecule has 23 heavy (non-hydrogen) atoms. The van der Waals surface area contributed by atoms with E-state index in [1.807, 2.05) is 31.2 Å². The van der Waals surface area contributed by atoms with Crippen LogP contribution in [-0.2, 0) is 4.79 Å². The summed E-state index contributed by atoms with van der Waals surface area (Å²) in [6, 6.07) is 17.7. The van der Waals surface area contributed by atoms with E-state index in [1.165, 1.54) is 5.56 Å². The number of nitrogens with one attached hydrogen (secondary N) is 1. The topological polar surface area (TPSA) is 32.3 Å². The molecule has 0 bridgehead atoms. The van der Waals surface area contributed by atoms with Crippen molar-refractivity contribution in [3.05, 3.63) is 65.2 Å². The van der Waals surface area contributed by atoms with E-state index in [-0.39, 0.29) is 11.9 Å². The average Bonchev–Trinajstić information content (AvgIpc) is 3.07. The van der Waals surface area contributed by atoms with E-state index >= 15 is 0 Å². The molecule has 0 aromatic heterocycles. The molecule has 4 heteroatoms. The van der Waals surface area contributed by atoms with Gasteiger partial charge in [-0.3, -0.25) is 9.69 Å². The summed E-state index contributed by atoms with van der Waals surface area (Å²) in [4.78, 5) is 14.7. The number of halogens is 1. The number of hydrogen-bond donors (Lipinski definition) is 1. The highest BCUT2D eigenvalue weighted by Crippen LogP contribution is 2.28. The first-order chi connectivity index (χ1) is 11.1. The second kappa shape index (κ2) is 7.16. The predicted octanol–water partition coefficient (Wildman–Crippen LogP) is 4.16. The van der Waals surface area contributed by atoms with Crippen LogP contribution < -0.4 is 5.32 Å². The zero-order valence-corrected chi connectivity index (χ0v) is 14.0. The lowest BCUT2D eigenvalue weighted by molar-refractivity contribution is -0.120. The molecule has 1 saturated heterocycles. The van der Waals surface area contributed by atoms with E-state index in [4.69, 9.17) is 11.6 Å². The van der Waals surface area contributed by atoms with Crippen LogP contribution in [0.3, 0.4) is 0 Å². The molecule has 1 heterocycles. The first-order valence-electron chi connectivity index (χ1n) is 7.99. The standard InChI is InChI=1S/C19H21ClN2O/c1-14(19(23)21-18-10-6-5-9-17(18)20)22-12-11-16(13-22)15-7-3-2-4-8-15/h2-10,14,16H,11-13H2,1H3,(H,21,23)/t14-,16-/m0/s1. The second-order valence-electron chi connectivity index (χ2n) is 6.04. The van der Waals surface area contributed by atoms with Gasteiger partial charge in [-0.2, -0.15) is 0 Å². The van der Waals surface area contributed by atoms with Crippen LogP contribution in [0.25, 0.3) is 0 Å². The third-order valence-electron chi connectivity index (χ3n) is 4.55. The van der Waals surface area contributed by atoms with Crippen LogP contribution in [0.4, 0.5) is 5.69 Å². The largest absolute Gasteiger partial charge is 0.323 e. The van der Waals surface area contributed by atoms with Crippen molar-refractivity contribution in [1.29, 1.82) is 0 Å². The molecule has 2 aromatic carbocycles. The third kappa shape index (κ3) is 3.74. The van der Waals surface area contributed by atoms with Gasteiger partial charge in [-0.25, -0.2) is 0 Å². The summed E-state index contributed by atoms with van der Waals surface area (Å²) >= 11 is 6.11. The van der Waals surface area contributed by atoms with Gasteiger partial charge in [0.2, 0.25) is 5.91 Å². The Kier molecular flexibility index (Phi) is 4.99. The van der Waals surface area contributed by atoms with E-state index in [0.29, 0.717) is 16.6 Å². The van der Waals surface area contributed by atoms with E-state index in [1.54, 1.807) is 6.07 Å². The number of benzene rings is 2. The molecule has 3 nitrogen and oxygen atoms in total. The number of para-hydroxylation sites is 1. The zero-order chi connectivity index (χ0) is 16.2. The summed E-state index contributed by atoms with van der Waals surface area (Å²) in [7, 11) is 0. The number of nitrogens with zero attached hydrogens (tertiary/aromatic N) is 1. The molecular formula is C19H21ClN2O. The molecule has 0 saturated carbocycles. The van der Waals surface area contributed by atoms with Gasteiger partial charge >= 0.3 is 0 Å². The lowest BCUT2D eigenvalue weighted by Gasteiger charge is -2.23. The fourth-order valence-electron chi connectivity index (χ4n) is 3.10. The number of carbonyl (C=O) groups is 1. The number of amides is 1. The minimum absolute atomic E-state index is 0.00758. The van der Waals surface area contributed by atoms with Crippen molar-refractivity contribution in [2.24, 2.45) is 0 Å². The fraction of sp³-hybridized carbons (Fsp3) is 0.316. The van der Waals surface area contributed by atoms with E-state index < -0.39 is 0 Å². The summed E-state index contributed by atoms with van der Waals surface area (Å²) in [5, 5.41) is 3.50. The van der Waals surface area contributed by atoms with Gasteiger partial charge in [0.05, 0.1) is 16.8 Å². The van der Waals surface area contributed by atoms with E-state index in [0.717, 1.165) is 19.5 Å². The van der Waals surface area contributed by atoms with Crippen molar-refractivity contribution >= 4 is 23.2 Å². The maximum absolute atomic E-state index is 12.5. The minimum Gasteiger partial charge on any atom is -0.323 e. The van der Waals surface area contributed by atoms with Gasteiger partial charge in [-0.15, -0.1) is 0 Å². The summed E-state index contributed by atoms with van der Waals surface area (Å²) in [6.45, 7) is 3.82. The monoisotopic (exact) mass is 328 g/mol. The van der Waals surface area contributed by atoms with Crippen molar-refractivity contribution in [3.63, 3.8) is 0 Å². The third-order valence-corrected chi connectivity index (χ3v) is 4.88. The molecular weight excluding hydrogens is 308 g/mol. The van der Waals surface area contributed by atoms with Crippen LogP contribution in [0, 0.1) is 0 Å². The van der Waals surface area contributed by atoms with Crippen molar-refractivity contribution in [1.82, 2.24) is 4.90 Å². The maximum atomic E-state index is 12.5. The van der Waals surface area contributed by atoms with Crippen LogP contribution in [0.5, 0.6) is 0 Å². The molecule has 1 fully saturated rings. The smallest absolute Gasteiger partial charge is 0.241 e. The number of carbonyl (C=O) groups excluding carboxylic acids is 1. The number of likely N-dealkylation sites (tertiary alicyclic amines) is 1.